The normalized spacial score (nSPS) is 10.4. The monoisotopic (exact) mass is 503 g/mol. The molecule has 0 aliphatic carbocycles. The molecule has 4 aromatic rings. The number of phenolic OH excluding ortho intramolecular Hbond substituents is 2. The zero-order valence-corrected chi connectivity index (χ0v) is 17.6. The van der Waals surface area contributed by atoms with Gasteiger partial charge in [0, 0.05) is 11.1 Å². The molecular formula is C20H18IN5O3. The Kier molecular flexibility index (Phi) is 6.27. The summed E-state index contributed by atoms with van der Waals surface area (Å²) in [7, 11) is 0. The number of aromatic amines is 1. The van der Waals surface area contributed by atoms with Crippen LogP contribution >= 0.6 is 22.6 Å². The molecule has 0 spiro atoms. The molecule has 0 fully saturated rings. The van der Waals surface area contributed by atoms with Gasteiger partial charge in [0.25, 0.3) is 5.56 Å². The van der Waals surface area contributed by atoms with Crippen LogP contribution in [0.1, 0.15) is 6.92 Å². The van der Waals surface area contributed by atoms with E-state index in [0.29, 0.717) is 22.5 Å². The number of aromatic nitrogens is 4. The molecular weight excluding hydrogens is 485 g/mol. The van der Waals surface area contributed by atoms with Gasteiger partial charge in [0.1, 0.15) is 11.5 Å². The maximum absolute atomic E-state index is 12.2. The Labute approximate surface area is 179 Å². The number of aromatic hydroxyl groups is 2. The van der Waals surface area contributed by atoms with Crippen molar-refractivity contribution in [2.75, 3.05) is 10.2 Å². The van der Waals surface area contributed by atoms with E-state index in [9.17, 15) is 15.0 Å². The third-order valence-electron chi connectivity index (χ3n) is 3.80. The van der Waals surface area contributed by atoms with Gasteiger partial charge in [0.05, 0.1) is 11.4 Å². The summed E-state index contributed by atoms with van der Waals surface area (Å²) in [4.78, 5) is 27.5. The summed E-state index contributed by atoms with van der Waals surface area (Å²) in [6.45, 7) is 2.11. The lowest BCUT2D eigenvalue weighted by Gasteiger charge is -2.10. The maximum atomic E-state index is 12.2. The highest BCUT2D eigenvalue weighted by Gasteiger charge is 2.16. The van der Waals surface area contributed by atoms with Gasteiger partial charge in [-0.05, 0) is 28.7 Å². The van der Waals surface area contributed by atoms with Gasteiger partial charge in [0.15, 0.2) is 11.2 Å². The highest BCUT2D eigenvalue weighted by Crippen LogP contribution is 2.32. The van der Waals surface area contributed by atoms with Crippen LogP contribution in [-0.4, -0.2) is 34.6 Å². The summed E-state index contributed by atoms with van der Waals surface area (Å²) in [5.74, 6) is 0.0454. The fourth-order valence-corrected chi connectivity index (χ4v) is 2.68. The minimum atomic E-state index is -0.510. The number of nitrogens with one attached hydrogen (secondary N) is 1. The van der Waals surface area contributed by atoms with Gasteiger partial charge >= 0.3 is 0 Å². The first kappa shape index (κ1) is 20.5. The standard InChI is InChI=1S/C18H13N5O3.C2H5I/c19-18-22-16-15(17(26)23-18)20-13(9-3-1-5-11(24)7-9)14(21-16)10-4-2-6-12(25)8-10;1-2-3/h1-8,24-25H,(H3,19,21,22,23,26);2H2,1H3. The minimum Gasteiger partial charge on any atom is -0.508 e. The van der Waals surface area contributed by atoms with Crippen LogP contribution in [0.3, 0.4) is 0 Å². The topological polar surface area (TPSA) is 138 Å². The molecule has 0 aliphatic rings. The number of hydrogen-bond acceptors (Lipinski definition) is 7. The summed E-state index contributed by atoms with van der Waals surface area (Å²) >= 11 is 2.29. The fourth-order valence-electron chi connectivity index (χ4n) is 2.68. The van der Waals surface area contributed by atoms with Gasteiger partial charge in [-0.3, -0.25) is 9.78 Å². The predicted octanol–water partition coefficient (Wildman–Crippen LogP) is 3.48. The number of rotatable bonds is 2. The lowest BCUT2D eigenvalue weighted by atomic mass is 10.0. The first-order valence-corrected chi connectivity index (χ1v) is 10.2. The molecule has 9 heteroatoms. The van der Waals surface area contributed by atoms with Crippen molar-refractivity contribution in [2.45, 2.75) is 6.92 Å². The largest absolute Gasteiger partial charge is 0.508 e. The van der Waals surface area contributed by atoms with Crippen LogP contribution in [0.4, 0.5) is 5.95 Å². The minimum absolute atomic E-state index is 0.0291. The van der Waals surface area contributed by atoms with E-state index in [2.05, 4.69) is 49.5 Å². The Bertz CT molecular complexity index is 1230. The maximum Gasteiger partial charge on any atom is 0.280 e. The number of phenols is 2. The molecule has 0 aliphatic heterocycles. The van der Waals surface area contributed by atoms with Crippen LogP contribution in [0, 0.1) is 0 Å². The molecule has 29 heavy (non-hydrogen) atoms. The number of halogens is 1. The Morgan fingerprint density at radius 2 is 1.48 bits per heavy atom. The second-order valence-corrected chi connectivity index (χ2v) is 7.44. The molecule has 148 valence electrons. The first-order valence-electron chi connectivity index (χ1n) is 8.65. The summed E-state index contributed by atoms with van der Waals surface area (Å²) in [5.41, 5.74) is 7.13. The number of anilines is 1. The number of alkyl halides is 1. The summed E-state index contributed by atoms with van der Waals surface area (Å²) < 4.78 is 1.22. The number of H-pyrrole nitrogens is 1. The molecule has 2 heterocycles. The lowest BCUT2D eigenvalue weighted by molar-refractivity contribution is 0.475. The smallest absolute Gasteiger partial charge is 0.280 e. The van der Waals surface area contributed by atoms with Crippen molar-refractivity contribution in [3.05, 3.63) is 58.9 Å². The second-order valence-electron chi connectivity index (χ2n) is 5.91. The number of benzene rings is 2. The molecule has 2 aromatic heterocycles. The van der Waals surface area contributed by atoms with Crippen molar-refractivity contribution in [2.24, 2.45) is 0 Å². The highest BCUT2D eigenvalue weighted by molar-refractivity contribution is 14.1. The van der Waals surface area contributed by atoms with E-state index in [1.54, 1.807) is 24.3 Å². The molecule has 0 bridgehead atoms. The van der Waals surface area contributed by atoms with Gasteiger partial charge in [-0.25, -0.2) is 9.97 Å². The van der Waals surface area contributed by atoms with Crippen LogP contribution < -0.4 is 11.3 Å². The van der Waals surface area contributed by atoms with E-state index in [1.807, 2.05) is 0 Å². The molecule has 0 saturated heterocycles. The van der Waals surface area contributed by atoms with Crippen molar-refractivity contribution < 1.29 is 10.2 Å². The van der Waals surface area contributed by atoms with E-state index in [4.69, 9.17) is 5.73 Å². The summed E-state index contributed by atoms with van der Waals surface area (Å²) in [5, 5.41) is 19.6. The molecule has 0 radical (unpaired) electrons. The number of nitrogen functional groups attached to an aromatic ring is 1. The van der Waals surface area contributed by atoms with Crippen molar-refractivity contribution in [3.8, 4) is 34.0 Å². The molecule has 0 atom stereocenters. The SMILES string of the molecule is CCI.Nc1nc2nc(-c3cccc(O)c3)c(-c3cccc(O)c3)nc2c(=O)[nH]1. The van der Waals surface area contributed by atoms with E-state index < -0.39 is 5.56 Å². The quantitative estimate of drug-likeness (QED) is 0.243. The van der Waals surface area contributed by atoms with Crippen LogP contribution in [0.15, 0.2) is 53.3 Å². The van der Waals surface area contributed by atoms with Crippen LogP contribution in [0.5, 0.6) is 11.5 Å². The molecule has 0 amide bonds. The molecule has 5 N–H and O–H groups in total. The molecule has 0 saturated carbocycles. The fraction of sp³-hybridized carbons (Fsp3) is 0.100. The molecule has 8 nitrogen and oxygen atoms in total. The molecule has 0 unspecified atom stereocenters. The predicted molar refractivity (Wildman–Crippen MR) is 121 cm³/mol. The highest BCUT2D eigenvalue weighted by atomic mass is 127. The Hall–Kier alpha value is -3.21. The number of fused-ring (bicyclic) bond motifs is 1. The van der Waals surface area contributed by atoms with Crippen LogP contribution in [-0.2, 0) is 0 Å². The van der Waals surface area contributed by atoms with Crippen molar-refractivity contribution in [1.29, 1.82) is 0 Å². The molecule has 2 aromatic carbocycles. The number of hydrogen-bond donors (Lipinski definition) is 4. The van der Waals surface area contributed by atoms with Gasteiger partial charge in [0.2, 0.25) is 5.95 Å². The van der Waals surface area contributed by atoms with Gasteiger partial charge in [-0.1, -0.05) is 53.8 Å². The van der Waals surface area contributed by atoms with E-state index in [0.717, 1.165) is 0 Å². The van der Waals surface area contributed by atoms with Crippen LogP contribution in [0.25, 0.3) is 33.7 Å². The Morgan fingerprint density at radius 3 is 2.00 bits per heavy atom. The Morgan fingerprint density at radius 1 is 0.966 bits per heavy atom. The average molecular weight is 503 g/mol. The van der Waals surface area contributed by atoms with Crippen molar-refractivity contribution >= 4 is 39.7 Å². The van der Waals surface area contributed by atoms with Gasteiger partial charge in [-0.2, -0.15) is 4.98 Å². The third-order valence-corrected chi connectivity index (χ3v) is 3.80. The second kappa shape index (κ2) is 8.86. The summed E-state index contributed by atoms with van der Waals surface area (Å²) in [6, 6.07) is 12.9. The third kappa shape index (κ3) is 4.62. The summed E-state index contributed by atoms with van der Waals surface area (Å²) in [6.07, 6.45) is 0. The van der Waals surface area contributed by atoms with Crippen molar-refractivity contribution in [1.82, 2.24) is 19.9 Å². The van der Waals surface area contributed by atoms with E-state index in [-0.39, 0.29) is 28.6 Å². The van der Waals surface area contributed by atoms with E-state index in [1.165, 1.54) is 28.7 Å². The average Bonchev–Trinajstić information content (AvgIpc) is 2.67. The molecule has 4 rings (SSSR count). The lowest BCUT2D eigenvalue weighted by Crippen LogP contribution is -2.14. The number of nitrogens with two attached hydrogens (primary N) is 1. The van der Waals surface area contributed by atoms with Crippen LogP contribution in [0.2, 0.25) is 0 Å². The zero-order valence-electron chi connectivity index (χ0n) is 15.4. The number of nitrogens with zero attached hydrogens (tertiary/aromatic N) is 3. The Balaban J connectivity index is 0.000000755. The zero-order chi connectivity index (χ0) is 21.0. The van der Waals surface area contributed by atoms with Gasteiger partial charge in [-0.15, -0.1) is 0 Å². The van der Waals surface area contributed by atoms with Crippen molar-refractivity contribution in [3.63, 3.8) is 0 Å². The van der Waals surface area contributed by atoms with Gasteiger partial charge < -0.3 is 15.9 Å². The van der Waals surface area contributed by atoms with E-state index >= 15 is 0 Å². The first-order chi connectivity index (χ1) is 13.9.